The van der Waals surface area contributed by atoms with Gasteiger partial charge in [0.1, 0.15) is 0 Å². The SMILES string of the molecule is Nc1ccc(CC(=O)Nc2ccc3[nH]ncc3c2)cc1. The molecule has 0 aliphatic carbocycles. The summed E-state index contributed by atoms with van der Waals surface area (Å²) in [5.41, 5.74) is 8.95. The Labute approximate surface area is 115 Å². The van der Waals surface area contributed by atoms with Gasteiger partial charge in [0.2, 0.25) is 5.91 Å². The highest BCUT2D eigenvalue weighted by Crippen LogP contribution is 2.17. The van der Waals surface area contributed by atoms with Gasteiger partial charge < -0.3 is 11.1 Å². The Morgan fingerprint density at radius 2 is 2.00 bits per heavy atom. The molecule has 100 valence electrons. The molecule has 0 saturated heterocycles. The summed E-state index contributed by atoms with van der Waals surface area (Å²) >= 11 is 0. The van der Waals surface area contributed by atoms with Gasteiger partial charge in [-0.3, -0.25) is 9.89 Å². The Morgan fingerprint density at radius 3 is 2.80 bits per heavy atom. The molecule has 3 rings (SSSR count). The maximum Gasteiger partial charge on any atom is 0.228 e. The Balaban J connectivity index is 1.70. The normalized spacial score (nSPS) is 10.6. The van der Waals surface area contributed by atoms with Crippen molar-refractivity contribution < 1.29 is 4.79 Å². The first-order chi connectivity index (χ1) is 9.70. The fraction of sp³-hybridized carbons (Fsp3) is 0.0667. The van der Waals surface area contributed by atoms with Crippen LogP contribution < -0.4 is 11.1 Å². The molecule has 5 nitrogen and oxygen atoms in total. The molecule has 2 aromatic carbocycles. The van der Waals surface area contributed by atoms with Gasteiger partial charge in [0, 0.05) is 16.8 Å². The van der Waals surface area contributed by atoms with Crippen molar-refractivity contribution in [3.05, 3.63) is 54.2 Å². The number of carbonyl (C=O) groups is 1. The molecule has 0 atom stereocenters. The molecule has 0 fully saturated rings. The number of nitrogen functional groups attached to an aromatic ring is 1. The Kier molecular flexibility index (Phi) is 3.09. The molecule has 0 saturated carbocycles. The highest BCUT2D eigenvalue weighted by Gasteiger charge is 2.05. The van der Waals surface area contributed by atoms with Gasteiger partial charge in [0.05, 0.1) is 18.1 Å². The number of aromatic nitrogens is 2. The first kappa shape index (κ1) is 12.2. The highest BCUT2D eigenvalue weighted by atomic mass is 16.1. The van der Waals surface area contributed by atoms with Crippen molar-refractivity contribution in [1.29, 1.82) is 0 Å². The van der Waals surface area contributed by atoms with E-state index in [0.717, 1.165) is 22.2 Å². The van der Waals surface area contributed by atoms with Gasteiger partial charge in [-0.2, -0.15) is 5.10 Å². The van der Waals surface area contributed by atoms with Crippen LogP contribution in [0.25, 0.3) is 10.9 Å². The summed E-state index contributed by atoms with van der Waals surface area (Å²) < 4.78 is 0. The number of benzene rings is 2. The van der Waals surface area contributed by atoms with E-state index < -0.39 is 0 Å². The minimum Gasteiger partial charge on any atom is -0.399 e. The van der Waals surface area contributed by atoms with Gasteiger partial charge in [-0.25, -0.2) is 0 Å². The van der Waals surface area contributed by atoms with Gasteiger partial charge in [-0.1, -0.05) is 12.1 Å². The van der Waals surface area contributed by atoms with Crippen molar-refractivity contribution in [1.82, 2.24) is 10.2 Å². The number of H-pyrrole nitrogens is 1. The first-order valence-corrected chi connectivity index (χ1v) is 6.28. The van der Waals surface area contributed by atoms with Crippen LogP contribution in [0, 0.1) is 0 Å². The molecular weight excluding hydrogens is 252 g/mol. The summed E-state index contributed by atoms with van der Waals surface area (Å²) in [6.45, 7) is 0. The van der Waals surface area contributed by atoms with Crippen molar-refractivity contribution in [3.63, 3.8) is 0 Å². The zero-order chi connectivity index (χ0) is 13.9. The number of aromatic amines is 1. The molecule has 20 heavy (non-hydrogen) atoms. The number of nitrogens with zero attached hydrogens (tertiary/aromatic N) is 1. The van der Waals surface area contributed by atoms with Crippen LogP contribution in [0.5, 0.6) is 0 Å². The summed E-state index contributed by atoms with van der Waals surface area (Å²) in [7, 11) is 0. The number of carbonyl (C=O) groups excluding carboxylic acids is 1. The predicted octanol–water partition coefficient (Wildman–Crippen LogP) is 2.33. The molecule has 4 N–H and O–H groups in total. The van der Waals surface area contributed by atoms with Gasteiger partial charge in [-0.05, 0) is 35.9 Å². The summed E-state index contributed by atoms with van der Waals surface area (Å²) in [4.78, 5) is 12.0. The van der Waals surface area contributed by atoms with Crippen LogP contribution in [0.3, 0.4) is 0 Å². The van der Waals surface area contributed by atoms with Crippen molar-refractivity contribution in [2.45, 2.75) is 6.42 Å². The number of hydrogen-bond donors (Lipinski definition) is 3. The van der Waals surface area contributed by atoms with Crippen LogP contribution in [-0.4, -0.2) is 16.1 Å². The summed E-state index contributed by atoms with van der Waals surface area (Å²) in [5.74, 6) is -0.0578. The summed E-state index contributed by atoms with van der Waals surface area (Å²) in [6.07, 6.45) is 2.05. The second kappa shape index (κ2) is 5.05. The molecule has 3 aromatic rings. The molecule has 1 heterocycles. The maximum atomic E-state index is 12.0. The molecule has 0 radical (unpaired) electrons. The van der Waals surface area contributed by atoms with Crippen molar-refractivity contribution >= 4 is 28.2 Å². The van der Waals surface area contributed by atoms with E-state index in [1.54, 1.807) is 18.3 Å². The quantitative estimate of drug-likeness (QED) is 0.636. The molecule has 1 amide bonds. The molecular formula is C15H14N4O. The fourth-order valence-electron chi connectivity index (χ4n) is 2.05. The van der Waals surface area contributed by atoms with Gasteiger partial charge in [-0.15, -0.1) is 0 Å². The van der Waals surface area contributed by atoms with Crippen LogP contribution in [0.4, 0.5) is 11.4 Å². The standard InChI is InChI=1S/C15H14N4O/c16-12-3-1-10(2-4-12)7-15(20)18-13-5-6-14-11(8-13)9-17-19-14/h1-6,8-9H,7,16H2,(H,17,19)(H,18,20). The van der Waals surface area contributed by atoms with Crippen molar-refractivity contribution in [2.24, 2.45) is 0 Å². The molecule has 0 aliphatic rings. The largest absolute Gasteiger partial charge is 0.399 e. The topological polar surface area (TPSA) is 83.8 Å². The van der Waals surface area contributed by atoms with Gasteiger partial charge in [0.25, 0.3) is 0 Å². The average molecular weight is 266 g/mol. The van der Waals surface area contributed by atoms with Gasteiger partial charge in [0.15, 0.2) is 0 Å². The number of nitrogens with two attached hydrogens (primary N) is 1. The van der Waals surface area contributed by atoms with E-state index in [9.17, 15) is 4.79 Å². The molecule has 0 aliphatic heterocycles. The third-order valence-corrected chi connectivity index (χ3v) is 3.07. The lowest BCUT2D eigenvalue weighted by Gasteiger charge is -2.05. The lowest BCUT2D eigenvalue weighted by atomic mass is 10.1. The van der Waals surface area contributed by atoms with E-state index in [4.69, 9.17) is 5.73 Å². The summed E-state index contributed by atoms with van der Waals surface area (Å²) in [5, 5.41) is 10.7. The van der Waals surface area contributed by atoms with Gasteiger partial charge >= 0.3 is 0 Å². The van der Waals surface area contributed by atoms with Crippen molar-refractivity contribution in [2.75, 3.05) is 11.1 Å². The summed E-state index contributed by atoms with van der Waals surface area (Å²) in [6, 6.07) is 12.9. The van der Waals surface area contributed by atoms with E-state index in [1.807, 2.05) is 30.3 Å². The number of rotatable bonds is 3. The number of anilines is 2. The Morgan fingerprint density at radius 1 is 1.20 bits per heavy atom. The van der Waals surface area contributed by atoms with Crippen LogP contribution in [0.15, 0.2) is 48.7 Å². The smallest absolute Gasteiger partial charge is 0.228 e. The predicted molar refractivity (Wildman–Crippen MR) is 79.3 cm³/mol. The molecule has 0 bridgehead atoms. The first-order valence-electron chi connectivity index (χ1n) is 6.28. The minimum absolute atomic E-state index is 0.0578. The van der Waals surface area contributed by atoms with Crippen LogP contribution in [0.1, 0.15) is 5.56 Å². The third-order valence-electron chi connectivity index (χ3n) is 3.07. The number of hydrogen-bond acceptors (Lipinski definition) is 3. The van der Waals surface area contributed by atoms with E-state index in [1.165, 1.54) is 0 Å². The van der Waals surface area contributed by atoms with Crippen LogP contribution >= 0.6 is 0 Å². The van der Waals surface area contributed by atoms with E-state index in [-0.39, 0.29) is 5.91 Å². The molecule has 1 aromatic heterocycles. The zero-order valence-corrected chi connectivity index (χ0v) is 10.8. The number of fused-ring (bicyclic) bond motifs is 1. The maximum absolute atomic E-state index is 12.0. The minimum atomic E-state index is -0.0578. The van der Waals surface area contributed by atoms with Crippen molar-refractivity contribution in [3.8, 4) is 0 Å². The van der Waals surface area contributed by atoms with E-state index >= 15 is 0 Å². The molecule has 5 heteroatoms. The Bertz CT molecular complexity index is 746. The number of amides is 1. The Hall–Kier alpha value is -2.82. The van der Waals surface area contributed by atoms with E-state index in [0.29, 0.717) is 12.1 Å². The molecule has 0 unspecified atom stereocenters. The van der Waals surface area contributed by atoms with Crippen LogP contribution in [-0.2, 0) is 11.2 Å². The average Bonchev–Trinajstić information content (AvgIpc) is 2.89. The lowest BCUT2D eigenvalue weighted by Crippen LogP contribution is -2.14. The monoisotopic (exact) mass is 266 g/mol. The van der Waals surface area contributed by atoms with E-state index in [2.05, 4.69) is 15.5 Å². The third kappa shape index (κ3) is 2.61. The highest BCUT2D eigenvalue weighted by molar-refractivity contribution is 5.94. The fourth-order valence-corrected chi connectivity index (χ4v) is 2.05. The molecule has 0 spiro atoms. The second-order valence-corrected chi connectivity index (χ2v) is 4.64. The lowest BCUT2D eigenvalue weighted by molar-refractivity contribution is -0.115. The zero-order valence-electron chi connectivity index (χ0n) is 10.8. The number of nitrogens with one attached hydrogen (secondary N) is 2. The van der Waals surface area contributed by atoms with Crippen LogP contribution in [0.2, 0.25) is 0 Å². The second-order valence-electron chi connectivity index (χ2n) is 4.64.